The van der Waals surface area contributed by atoms with E-state index in [2.05, 4.69) is 6.58 Å². The quantitative estimate of drug-likeness (QED) is 0.378. The van der Waals surface area contributed by atoms with E-state index < -0.39 is 11.9 Å². The molecule has 0 aliphatic carbocycles. The molecule has 16 heavy (non-hydrogen) atoms. The van der Waals surface area contributed by atoms with Gasteiger partial charge >= 0.3 is 11.9 Å². The van der Waals surface area contributed by atoms with E-state index in [1.54, 1.807) is 19.9 Å². The lowest BCUT2D eigenvalue weighted by atomic mass is 10.1. The Kier molecular flexibility index (Phi) is 7.85. The highest BCUT2D eigenvalue weighted by molar-refractivity contribution is 5.82. The van der Waals surface area contributed by atoms with E-state index in [-0.39, 0.29) is 5.97 Å². The zero-order valence-corrected chi connectivity index (χ0v) is 9.77. The molecule has 0 saturated carbocycles. The van der Waals surface area contributed by atoms with Crippen LogP contribution in [0.15, 0.2) is 24.8 Å². The average Bonchev–Trinajstić information content (AvgIpc) is 2.25. The third-order valence-corrected chi connectivity index (χ3v) is 1.80. The molecular weight excluding hydrogens is 208 g/mol. The Morgan fingerprint density at radius 1 is 1.25 bits per heavy atom. The average molecular weight is 226 g/mol. The maximum Gasteiger partial charge on any atom is 0.330 e. The van der Waals surface area contributed by atoms with E-state index >= 15 is 0 Å². The predicted molar refractivity (Wildman–Crippen MR) is 60.7 cm³/mol. The van der Waals surface area contributed by atoms with E-state index in [1.807, 2.05) is 0 Å². The first-order valence-electron chi connectivity index (χ1n) is 5.28. The number of carbonyl (C=O) groups is 2. The summed E-state index contributed by atoms with van der Waals surface area (Å²) < 4.78 is 9.54. The first-order valence-corrected chi connectivity index (χ1v) is 5.28. The lowest BCUT2D eigenvalue weighted by molar-refractivity contribution is -0.146. The van der Waals surface area contributed by atoms with Gasteiger partial charge in [0.25, 0.3) is 0 Å². The lowest BCUT2D eigenvalue weighted by Crippen LogP contribution is -2.15. The van der Waals surface area contributed by atoms with Crippen molar-refractivity contribution in [3.05, 3.63) is 24.8 Å². The van der Waals surface area contributed by atoms with Crippen molar-refractivity contribution in [2.45, 2.75) is 20.3 Å². The van der Waals surface area contributed by atoms with Crippen LogP contribution in [0.4, 0.5) is 0 Å². The Balaban J connectivity index is 4.09. The molecule has 0 aromatic rings. The minimum atomic E-state index is -0.411. The molecule has 0 fully saturated rings. The van der Waals surface area contributed by atoms with E-state index in [1.165, 1.54) is 12.2 Å². The van der Waals surface area contributed by atoms with Crippen LogP contribution in [0.2, 0.25) is 0 Å². The Bertz CT molecular complexity index is 268. The Morgan fingerprint density at radius 3 is 2.38 bits per heavy atom. The highest BCUT2D eigenvalue weighted by Crippen LogP contribution is 2.08. The van der Waals surface area contributed by atoms with Gasteiger partial charge in [0.15, 0.2) is 0 Å². The standard InChI is InChI=1S/C12H18O4/c1-4-10(12(14)16-6-3)8-7-9-11(13)15-5-2/h4,7,9-10H,1,5-6,8H2,2-3H3. The van der Waals surface area contributed by atoms with Gasteiger partial charge in [-0.3, -0.25) is 4.79 Å². The summed E-state index contributed by atoms with van der Waals surface area (Å²) in [5, 5.41) is 0. The van der Waals surface area contributed by atoms with Crippen LogP contribution in [-0.2, 0) is 19.1 Å². The summed E-state index contributed by atoms with van der Waals surface area (Å²) in [4.78, 5) is 22.3. The Hall–Kier alpha value is -1.58. The Labute approximate surface area is 95.9 Å². The van der Waals surface area contributed by atoms with Gasteiger partial charge in [0.2, 0.25) is 0 Å². The maximum atomic E-state index is 11.3. The SMILES string of the molecule is C=CC(CC=CC(=O)OCC)C(=O)OCC. The molecule has 0 aromatic carbocycles. The summed E-state index contributed by atoms with van der Waals surface area (Å²) in [6, 6.07) is 0. The molecular formula is C12H18O4. The fourth-order valence-electron chi connectivity index (χ4n) is 1.04. The fraction of sp³-hybridized carbons (Fsp3) is 0.500. The van der Waals surface area contributed by atoms with E-state index in [0.29, 0.717) is 19.6 Å². The number of rotatable bonds is 7. The minimum absolute atomic E-state index is 0.328. The topological polar surface area (TPSA) is 52.6 Å². The molecule has 0 spiro atoms. The van der Waals surface area contributed by atoms with Gasteiger partial charge in [0.1, 0.15) is 0 Å². The Morgan fingerprint density at radius 2 is 1.88 bits per heavy atom. The molecule has 0 heterocycles. The normalized spacial score (nSPS) is 12.1. The van der Waals surface area contributed by atoms with E-state index in [4.69, 9.17) is 9.47 Å². The molecule has 1 atom stereocenters. The molecule has 0 aliphatic heterocycles. The third kappa shape index (κ3) is 6.01. The van der Waals surface area contributed by atoms with Crippen LogP contribution in [0.5, 0.6) is 0 Å². The van der Waals surface area contributed by atoms with Crippen molar-refractivity contribution in [1.29, 1.82) is 0 Å². The van der Waals surface area contributed by atoms with Crippen molar-refractivity contribution in [2.75, 3.05) is 13.2 Å². The van der Waals surface area contributed by atoms with Gasteiger partial charge in [-0.15, -0.1) is 6.58 Å². The van der Waals surface area contributed by atoms with E-state index in [9.17, 15) is 9.59 Å². The number of esters is 2. The molecule has 0 aromatic heterocycles. The molecule has 0 rings (SSSR count). The zero-order chi connectivity index (χ0) is 12.4. The summed E-state index contributed by atoms with van der Waals surface area (Å²) in [6.45, 7) is 7.70. The number of hydrogen-bond donors (Lipinski definition) is 0. The molecule has 4 nitrogen and oxygen atoms in total. The summed E-state index contributed by atoms with van der Waals surface area (Å²) in [5.41, 5.74) is 0. The summed E-state index contributed by atoms with van der Waals surface area (Å²) >= 11 is 0. The molecule has 0 aliphatic rings. The largest absolute Gasteiger partial charge is 0.466 e. The molecule has 0 amide bonds. The van der Waals surface area contributed by atoms with Crippen LogP contribution >= 0.6 is 0 Å². The monoisotopic (exact) mass is 226 g/mol. The number of ether oxygens (including phenoxy) is 2. The van der Waals surface area contributed by atoms with Crippen LogP contribution in [0.1, 0.15) is 20.3 Å². The van der Waals surface area contributed by atoms with Crippen molar-refractivity contribution < 1.29 is 19.1 Å². The summed E-state index contributed by atoms with van der Waals surface area (Å²) in [7, 11) is 0. The van der Waals surface area contributed by atoms with Crippen molar-refractivity contribution >= 4 is 11.9 Å². The molecule has 0 saturated heterocycles. The summed E-state index contributed by atoms with van der Waals surface area (Å²) in [6.07, 6.45) is 4.79. The van der Waals surface area contributed by atoms with Crippen molar-refractivity contribution in [3.63, 3.8) is 0 Å². The molecule has 0 radical (unpaired) electrons. The minimum Gasteiger partial charge on any atom is -0.466 e. The van der Waals surface area contributed by atoms with Crippen molar-refractivity contribution in [1.82, 2.24) is 0 Å². The van der Waals surface area contributed by atoms with Crippen LogP contribution in [0.25, 0.3) is 0 Å². The number of hydrogen-bond acceptors (Lipinski definition) is 4. The smallest absolute Gasteiger partial charge is 0.330 e. The highest BCUT2D eigenvalue weighted by Gasteiger charge is 2.13. The summed E-state index contributed by atoms with van der Waals surface area (Å²) in [5.74, 6) is -1.15. The number of allylic oxidation sites excluding steroid dienone is 1. The fourth-order valence-corrected chi connectivity index (χ4v) is 1.04. The van der Waals surface area contributed by atoms with Crippen molar-refractivity contribution in [2.24, 2.45) is 5.92 Å². The van der Waals surface area contributed by atoms with Gasteiger partial charge in [-0.05, 0) is 20.3 Å². The van der Waals surface area contributed by atoms with E-state index in [0.717, 1.165) is 0 Å². The molecule has 0 bridgehead atoms. The van der Waals surface area contributed by atoms with Gasteiger partial charge in [0.05, 0.1) is 19.1 Å². The first kappa shape index (κ1) is 14.4. The van der Waals surface area contributed by atoms with Gasteiger partial charge in [-0.1, -0.05) is 12.2 Å². The zero-order valence-electron chi connectivity index (χ0n) is 9.77. The number of carbonyl (C=O) groups excluding carboxylic acids is 2. The highest BCUT2D eigenvalue weighted by atomic mass is 16.5. The van der Waals surface area contributed by atoms with Crippen LogP contribution in [0.3, 0.4) is 0 Å². The van der Waals surface area contributed by atoms with Gasteiger partial charge < -0.3 is 9.47 Å². The second-order valence-corrected chi connectivity index (χ2v) is 2.98. The van der Waals surface area contributed by atoms with Crippen LogP contribution in [-0.4, -0.2) is 25.2 Å². The lowest BCUT2D eigenvalue weighted by Gasteiger charge is -2.08. The third-order valence-electron chi connectivity index (χ3n) is 1.80. The molecule has 4 heteroatoms. The van der Waals surface area contributed by atoms with Crippen molar-refractivity contribution in [3.8, 4) is 0 Å². The first-order chi connectivity index (χ1) is 7.65. The molecule has 1 unspecified atom stereocenters. The maximum absolute atomic E-state index is 11.3. The second-order valence-electron chi connectivity index (χ2n) is 2.98. The molecule has 0 N–H and O–H groups in total. The second kappa shape index (κ2) is 8.71. The van der Waals surface area contributed by atoms with Crippen LogP contribution in [0, 0.1) is 5.92 Å². The van der Waals surface area contributed by atoms with Gasteiger partial charge in [-0.25, -0.2) is 4.79 Å². The van der Waals surface area contributed by atoms with Gasteiger partial charge in [-0.2, -0.15) is 0 Å². The predicted octanol–water partition coefficient (Wildman–Crippen LogP) is 1.86. The van der Waals surface area contributed by atoms with Gasteiger partial charge in [0, 0.05) is 6.08 Å². The van der Waals surface area contributed by atoms with Crippen LogP contribution < -0.4 is 0 Å². The molecule has 90 valence electrons.